The Labute approximate surface area is 180 Å². The van der Waals surface area contributed by atoms with E-state index in [9.17, 15) is 14.0 Å². The largest absolute Gasteiger partial charge is 0.342 e. The van der Waals surface area contributed by atoms with Gasteiger partial charge in [0.15, 0.2) is 0 Å². The Morgan fingerprint density at radius 1 is 1.23 bits per heavy atom. The number of anilines is 1. The molecule has 6 nitrogen and oxygen atoms in total. The standard InChI is InChI=1S/C24H25FN4O2/c1-15-6-4-9-20(16(15)2)29-14-18(13-21(29)30)24(31)27-22(23-26-10-11-28(23)3)17-7-5-8-19(25)12-17/h4-12,18,22H,13-14H2,1-3H3,(H,27,31)/t18-,22-/m1/s1. The van der Waals surface area contributed by atoms with Crippen molar-refractivity contribution in [3.05, 3.63) is 83.2 Å². The summed E-state index contributed by atoms with van der Waals surface area (Å²) in [6.07, 6.45) is 3.54. The monoisotopic (exact) mass is 420 g/mol. The molecule has 2 heterocycles. The van der Waals surface area contributed by atoms with Crippen LogP contribution in [-0.4, -0.2) is 27.9 Å². The van der Waals surface area contributed by atoms with Crippen molar-refractivity contribution in [3.63, 3.8) is 0 Å². The van der Waals surface area contributed by atoms with Crippen molar-refractivity contribution in [2.75, 3.05) is 11.4 Å². The van der Waals surface area contributed by atoms with Gasteiger partial charge in [-0.05, 0) is 48.7 Å². The zero-order valence-electron chi connectivity index (χ0n) is 17.8. The van der Waals surface area contributed by atoms with Gasteiger partial charge in [-0.2, -0.15) is 0 Å². The second kappa shape index (κ2) is 8.34. The van der Waals surface area contributed by atoms with E-state index in [1.807, 2.05) is 39.1 Å². The topological polar surface area (TPSA) is 67.2 Å². The van der Waals surface area contributed by atoms with Crippen LogP contribution in [0.1, 0.15) is 35.0 Å². The van der Waals surface area contributed by atoms with Gasteiger partial charge in [0.25, 0.3) is 0 Å². The first-order valence-corrected chi connectivity index (χ1v) is 10.2. The fraction of sp³-hybridized carbons (Fsp3) is 0.292. The number of halogens is 1. The number of amides is 2. The Morgan fingerprint density at radius 2 is 2.00 bits per heavy atom. The smallest absolute Gasteiger partial charge is 0.227 e. The highest BCUT2D eigenvalue weighted by molar-refractivity contribution is 6.01. The van der Waals surface area contributed by atoms with Gasteiger partial charge in [-0.3, -0.25) is 9.59 Å². The van der Waals surface area contributed by atoms with Crippen LogP contribution in [0.15, 0.2) is 54.9 Å². The highest BCUT2D eigenvalue weighted by Gasteiger charge is 2.37. The minimum Gasteiger partial charge on any atom is -0.342 e. The number of aryl methyl sites for hydroxylation is 2. The zero-order valence-corrected chi connectivity index (χ0v) is 17.8. The molecule has 1 saturated heterocycles. The molecule has 1 aromatic heterocycles. The van der Waals surface area contributed by atoms with Gasteiger partial charge in [-0.25, -0.2) is 9.37 Å². The Bertz CT molecular complexity index is 1140. The first-order valence-electron chi connectivity index (χ1n) is 10.2. The van der Waals surface area contributed by atoms with E-state index in [0.29, 0.717) is 17.9 Å². The predicted molar refractivity (Wildman–Crippen MR) is 116 cm³/mol. The van der Waals surface area contributed by atoms with Gasteiger partial charge >= 0.3 is 0 Å². The molecule has 0 saturated carbocycles. The normalized spacial score (nSPS) is 17.1. The van der Waals surface area contributed by atoms with Crippen LogP contribution in [-0.2, 0) is 16.6 Å². The number of nitrogens with one attached hydrogen (secondary N) is 1. The summed E-state index contributed by atoms with van der Waals surface area (Å²) in [7, 11) is 1.82. The number of hydrogen-bond acceptors (Lipinski definition) is 3. The lowest BCUT2D eigenvalue weighted by atomic mass is 10.0. The van der Waals surface area contributed by atoms with Gasteiger partial charge < -0.3 is 14.8 Å². The molecule has 31 heavy (non-hydrogen) atoms. The first kappa shape index (κ1) is 20.8. The number of carbonyl (C=O) groups excluding carboxylic acids is 2. The van der Waals surface area contributed by atoms with Crippen molar-refractivity contribution >= 4 is 17.5 Å². The zero-order chi connectivity index (χ0) is 22.1. The van der Waals surface area contributed by atoms with Crippen LogP contribution in [0, 0.1) is 25.6 Å². The predicted octanol–water partition coefficient (Wildman–Crippen LogP) is 3.43. The number of hydrogen-bond donors (Lipinski definition) is 1. The molecule has 7 heteroatoms. The van der Waals surface area contributed by atoms with Gasteiger partial charge in [-0.15, -0.1) is 0 Å². The van der Waals surface area contributed by atoms with Crippen LogP contribution in [0.5, 0.6) is 0 Å². The summed E-state index contributed by atoms with van der Waals surface area (Å²) in [5.41, 5.74) is 3.56. The van der Waals surface area contributed by atoms with E-state index in [2.05, 4.69) is 10.3 Å². The quantitative estimate of drug-likeness (QED) is 0.688. The number of imidazole rings is 1. The van der Waals surface area contributed by atoms with Crippen LogP contribution >= 0.6 is 0 Å². The third-order valence-corrected chi connectivity index (χ3v) is 5.95. The van der Waals surface area contributed by atoms with Crippen LogP contribution in [0.4, 0.5) is 10.1 Å². The average Bonchev–Trinajstić information content (AvgIpc) is 3.34. The Hall–Kier alpha value is -3.48. The highest BCUT2D eigenvalue weighted by atomic mass is 19.1. The second-order valence-electron chi connectivity index (χ2n) is 8.02. The van der Waals surface area contributed by atoms with Crippen LogP contribution in [0.3, 0.4) is 0 Å². The van der Waals surface area contributed by atoms with Crippen molar-refractivity contribution in [3.8, 4) is 0 Å². The summed E-state index contributed by atoms with van der Waals surface area (Å²) in [6, 6.07) is 11.3. The molecule has 1 fully saturated rings. The van der Waals surface area contributed by atoms with Gasteiger partial charge in [0.2, 0.25) is 11.8 Å². The molecule has 0 spiro atoms. The lowest BCUT2D eigenvalue weighted by Crippen LogP contribution is -2.37. The fourth-order valence-electron chi connectivity index (χ4n) is 4.04. The molecular weight excluding hydrogens is 395 g/mol. The van der Waals surface area contributed by atoms with E-state index in [0.717, 1.165) is 16.8 Å². The van der Waals surface area contributed by atoms with Gasteiger partial charge in [0.05, 0.1) is 5.92 Å². The molecule has 2 aromatic carbocycles. The molecule has 0 aliphatic carbocycles. The Kier molecular flexibility index (Phi) is 5.59. The summed E-state index contributed by atoms with van der Waals surface area (Å²) >= 11 is 0. The van der Waals surface area contributed by atoms with Crippen molar-refractivity contribution in [1.29, 1.82) is 0 Å². The number of aromatic nitrogens is 2. The Morgan fingerprint density at radius 3 is 2.71 bits per heavy atom. The highest BCUT2D eigenvalue weighted by Crippen LogP contribution is 2.30. The van der Waals surface area contributed by atoms with E-state index in [1.54, 1.807) is 34.0 Å². The number of rotatable bonds is 5. The van der Waals surface area contributed by atoms with Gasteiger partial charge in [0, 0.05) is 38.1 Å². The third kappa shape index (κ3) is 4.08. The summed E-state index contributed by atoms with van der Waals surface area (Å²) in [4.78, 5) is 31.9. The van der Waals surface area contributed by atoms with E-state index in [1.165, 1.54) is 12.1 Å². The van der Waals surface area contributed by atoms with E-state index in [4.69, 9.17) is 0 Å². The molecule has 1 N–H and O–H groups in total. The molecular formula is C24H25FN4O2. The SMILES string of the molecule is Cc1cccc(N2C[C@H](C(=O)N[C@H](c3cccc(F)c3)c3nccn3C)CC2=O)c1C. The summed E-state index contributed by atoms with van der Waals surface area (Å²) < 4.78 is 15.7. The van der Waals surface area contributed by atoms with Gasteiger partial charge in [-0.1, -0.05) is 24.3 Å². The molecule has 0 unspecified atom stereocenters. The minimum atomic E-state index is -0.618. The molecule has 160 valence electrons. The first-order chi connectivity index (χ1) is 14.8. The fourth-order valence-corrected chi connectivity index (χ4v) is 4.04. The van der Waals surface area contributed by atoms with Crippen molar-refractivity contribution < 1.29 is 14.0 Å². The number of nitrogens with zero attached hydrogens (tertiary/aromatic N) is 3. The van der Waals surface area contributed by atoms with E-state index in [-0.39, 0.29) is 24.1 Å². The van der Waals surface area contributed by atoms with Crippen LogP contribution in [0.2, 0.25) is 0 Å². The van der Waals surface area contributed by atoms with Gasteiger partial charge in [0.1, 0.15) is 17.7 Å². The maximum atomic E-state index is 13.9. The third-order valence-electron chi connectivity index (χ3n) is 5.95. The molecule has 1 aliphatic heterocycles. The van der Waals surface area contributed by atoms with Crippen molar-refractivity contribution in [1.82, 2.24) is 14.9 Å². The molecule has 2 atom stereocenters. The van der Waals surface area contributed by atoms with Crippen molar-refractivity contribution in [2.24, 2.45) is 13.0 Å². The van der Waals surface area contributed by atoms with E-state index < -0.39 is 12.0 Å². The molecule has 3 aromatic rings. The minimum absolute atomic E-state index is 0.0758. The van der Waals surface area contributed by atoms with Crippen molar-refractivity contribution in [2.45, 2.75) is 26.3 Å². The lowest BCUT2D eigenvalue weighted by molar-refractivity contribution is -0.126. The maximum Gasteiger partial charge on any atom is 0.227 e. The van der Waals surface area contributed by atoms with Crippen LogP contribution in [0.25, 0.3) is 0 Å². The summed E-state index contributed by atoms with van der Waals surface area (Å²) in [5, 5.41) is 3.00. The summed E-state index contributed by atoms with van der Waals surface area (Å²) in [5.74, 6) is -0.618. The molecule has 0 radical (unpaired) electrons. The summed E-state index contributed by atoms with van der Waals surface area (Å²) in [6.45, 7) is 4.29. The number of benzene rings is 2. The number of carbonyl (C=O) groups is 2. The van der Waals surface area contributed by atoms with E-state index >= 15 is 0 Å². The van der Waals surface area contributed by atoms with Crippen LogP contribution < -0.4 is 10.2 Å². The molecule has 0 bridgehead atoms. The average molecular weight is 420 g/mol. The maximum absolute atomic E-state index is 13.9. The Balaban J connectivity index is 1.57. The molecule has 4 rings (SSSR count). The molecule has 1 aliphatic rings. The second-order valence-corrected chi connectivity index (χ2v) is 8.02. The lowest BCUT2D eigenvalue weighted by Gasteiger charge is -2.22. The molecule has 2 amide bonds.